The third-order valence-corrected chi connectivity index (χ3v) is 16.1. The minimum absolute atomic E-state index is 0.0470. The third kappa shape index (κ3) is 9.45. The van der Waals surface area contributed by atoms with Gasteiger partial charge in [0.25, 0.3) is 0 Å². The van der Waals surface area contributed by atoms with Gasteiger partial charge in [-0.2, -0.15) is 0 Å². The molecule has 6 heterocycles. The summed E-state index contributed by atoms with van der Waals surface area (Å²) in [5.74, 6) is 1.02. The topological polar surface area (TPSA) is 96.5 Å². The van der Waals surface area contributed by atoms with Crippen LogP contribution in [-0.2, 0) is 15.9 Å². The number of halogens is 1. The molecule has 11 heteroatoms. The van der Waals surface area contributed by atoms with Crippen LogP contribution in [0.2, 0.25) is 0 Å². The molecule has 2 aromatic heterocycles. The van der Waals surface area contributed by atoms with Crippen LogP contribution in [0.4, 0.5) is 14.0 Å². The Morgan fingerprint density at radius 1 is 0.853 bits per heavy atom. The van der Waals surface area contributed by atoms with Crippen LogP contribution in [-0.4, -0.2) is 63.0 Å². The average Bonchev–Trinajstić information content (AvgIpc) is 3.61. The highest BCUT2D eigenvalue weighted by Gasteiger charge is 2.42. The number of rotatable bonds is 7. The summed E-state index contributed by atoms with van der Waals surface area (Å²) in [4.78, 5) is 42.3. The Hall–Kier alpha value is -5.16. The number of aryl methyl sites for hydroxylation is 1. The summed E-state index contributed by atoms with van der Waals surface area (Å²) in [5, 5.41) is 0. The third-order valence-electron chi connectivity index (χ3n) is 14.8. The lowest BCUT2D eigenvalue weighted by Crippen LogP contribution is -2.43. The Morgan fingerprint density at radius 2 is 1.56 bits per heavy atom. The van der Waals surface area contributed by atoms with E-state index in [1.165, 1.54) is 28.2 Å². The second-order valence-corrected chi connectivity index (χ2v) is 23.3. The van der Waals surface area contributed by atoms with Crippen molar-refractivity contribution in [1.29, 1.82) is 0 Å². The van der Waals surface area contributed by atoms with Crippen molar-refractivity contribution in [2.75, 3.05) is 13.1 Å². The molecule has 4 aromatic rings. The molecule has 0 spiro atoms. The molecule has 2 saturated heterocycles. The molecule has 6 aliphatic rings. The lowest BCUT2D eigenvalue weighted by molar-refractivity contribution is 0.0219. The molecule has 2 bridgehead atoms. The van der Waals surface area contributed by atoms with Crippen LogP contribution in [0.15, 0.2) is 59.6 Å². The van der Waals surface area contributed by atoms with Crippen molar-refractivity contribution < 1.29 is 28.2 Å². The predicted molar refractivity (Wildman–Crippen MR) is 271 cm³/mol. The molecule has 1 saturated carbocycles. The van der Waals surface area contributed by atoms with Gasteiger partial charge in [-0.05, 0) is 189 Å². The predicted octanol–water partition coefficient (Wildman–Crippen LogP) is 14.9. The second kappa shape index (κ2) is 18.3. The first kappa shape index (κ1) is 46.6. The molecule has 5 atom stereocenters. The zero-order valence-electron chi connectivity index (χ0n) is 41.3. The number of nitrogens with zero attached hydrogens (tertiary/aromatic N) is 3. The van der Waals surface area contributed by atoms with Crippen molar-refractivity contribution in [3.05, 3.63) is 104 Å². The number of H-pyrrole nitrogens is 1. The first-order chi connectivity index (χ1) is 32.5. The first-order valence-electron chi connectivity index (χ1n) is 25.5. The number of aromatic nitrogens is 1. The fourth-order valence-electron chi connectivity index (χ4n) is 11.4. The SMILES string of the molecule is CCc1cc(-c2cc(F)c3c(c2)OC(c2ccc(C4CC4)s2)C2CC3=Cc3cc(C4=CCCCCC(C5CCCN5C(=O)OC(C)(C)C)=N4)ccc3C2C)[nH]c1C1CCCN1C(=O)OC(C)(C)C. The summed E-state index contributed by atoms with van der Waals surface area (Å²) in [7, 11) is 0. The molecule has 9 nitrogen and oxygen atoms in total. The van der Waals surface area contributed by atoms with Crippen molar-refractivity contribution in [3.8, 4) is 17.0 Å². The number of carbonyl (C=O) groups is 2. The molecule has 10 rings (SSSR count). The summed E-state index contributed by atoms with van der Waals surface area (Å²) in [6.45, 7) is 17.2. The number of carbonyl (C=O) groups excluding carboxylic acids is 2. The van der Waals surface area contributed by atoms with Crippen molar-refractivity contribution in [2.24, 2.45) is 10.9 Å². The monoisotopic (exact) mass is 940 g/mol. The van der Waals surface area contributed by atoms with Gasteiger partial charge in [0.2, 0.25) is 0 Å². The van der Waals surface area contributed by atoms with E-state index in [9.17, 15) is 9.59 Å². The van der Waals surface area contributed by atoms with Crippen molar-refractivity contribution in [3.63, 3.8) is 0 Å². The molecule has 1 N–H and O–H groups in total. The maximum atomic E-state index is 17.4. The van der Waals surface area contributed by atoms with E-state index in [0.29, 0.717) is 36.7 Å². The summed E-state index contributed by atoms with van der Waals surface area (Å²) in [6, 6.07) is 16.9. The summed E-state index contributed by atoms with van der Waals surface area (Å²) in [6.07, 6.45) is 14.9. The number of fused-ring (bicyclic) bond motifs is 5. The van der Waals surface area contributed by atoms with Crippen LogP contribution in [0.3, 0.4) is 0 Å². The van der Waals surface area contributed by atoms with Crippen LogP contribution >= 0.6 is 11.3 Å². The van der Waals surface area contributed by atoms with Crippen LogP contribution in [0.1, 0.15) is 193 Å². The quantitative estimate of drug-likeness (QED) is 0.199. The lowest BCUT2D eigenvalue weighted by Gasteiger charge is -2.30. The van der Waals surface area contributed by atoms with Gasteiger partial charge in [0.15, 0.2) is 0 Å². The number of thiophene rings is 1. The number of allylic oxidation sites excluding steroid dienone is 2. The van der Waals surface area contributed by atoms with Gasteiger partial charge in [-0.25, -0.2) is 14.0 Å². The molecule has 4 aliphatic heterocycles. The summed E-state index contributed by atoms with van der Waals surface area (Å²) < 4.78 is 36.4. The lowest BCUT2D eigenvalue weighted by atomic mass is 9.80. The highest BCUT2D eigenvalue weighted by molar-refractivity contribution is 7.12. The molecular weight excluding hydrogens is 872 g/mol. The number of nitrogens with one attached hydrogen (secondary N) is 1. The van der Waals surface area contributed by atoms with E-state index in [1.807, 2.05) is 68.7 Å². The molecule has 68 heavy (non-hydrogen) atoms. The number of ether oxygens (including phenoxy) is 3. The number of likely N-dealkylation sites (tertiary alicyclic amines) is 2. The Morgan fingerprint density at radius 3 is 2.26 bits per heavy atom. The Balaban J connectivity index is 1.04. The number of hydrogen-bond acceptors (Lipinski definition) is 7. The van der Waals surface area contributed by atoms with Gasteiger partial charge in [-0.1, -0.05) is 38.1 Å². The van der Waals surface area contributed by atoms with Gasteiger partial charge in [0.05, 0.1) is 23.3 Å². The van der Waals surface area contributed by atoms with Gasteiger partial charge in [-0.3, -0.25) is 14.8 Å². The van der Waals surface area contributed by atoms with Crippen LogP contribution in [0.5, 0.6) is 5.75 Å². The minimum Gasteiger partial charge on any atom is -0.484 e. The van der Waals surface area contributed by atoms with E-state index in [2.05, 4.69) is 67.4 Å². The highest BCUT2D eigenvalue weighted by Crippen LogP contribution is 2.54. The first-order valence-corrected chi connectivity index (χ1v) is 26.3. The van der Waals surface area contributed by atoms with E-state index in [1.54, 1.807) is 6.07 Å². The van der Waals surface area contributed by atoms with Crippen LogP contribution in [0.25, 0.3) is 28.6 Å². The number of aliphatic imine (C=N–C) groups is 1. The molecule has 0 radical (unpaired) electrons. The highest BCUT2D eigenvalue weighted by atomic mass is 32.1. The van der Waals surface area contributed by atoms with Crippen LogP contribution in [0, 0.1) is 11.7 Å². The fourth-order valence-corrected chi connectivity index (χ4v) is 12.6. The van der Waals surface area contributed by atoms with Crippen molar-refractivity contribution in [1.82, 2.24) is 14.8 Å². The van der Waals surface area contributed by atoms with Gasteiger partial charge in [0, 0.05) is 57.0 Å². The number of hydrogen-bond donors (Lipinski definition) is 1. The molecular formula is C57H69FN4O5S. The Labute approximate surface area is 406 Å². The average molecular weight is 941 g/mol. The van der Waals surface area contributed by atoms with Gasteiger partial charge in [-0.15, -0.1) is 11.3 Å². The summed E-state index contributed by atoms with van der Waals surface area (Å²) in [5.41, 5.74) is 9.23. The molecule has 3 fully saturated rings. The largest absolute Gasteiger partial charge is 0.484 e. The van der Waals surface area contributed by atoms with Crippen molar-refractivity contribution >= 4 is 46.6 Å². The zero-order valence-corrected chi connectivity index (χ0v) is 42.1. The molecule has 2 aromatic carbocycles. The van der Waals surface area contributed by atoms with Crippen molar-refractivity contribution in [2.45, 2.75) is 174 Å². The van der Waals surface area contributed by atoms with E-state index < -0.39 is 11.2 Å². The molecule has 5 unspecified atom stereocenters. The van der Waals surface area contributed by atoms with Crippen LogP contribution < -0.4 is 4.74 Å². The minimum atomic E-state index is -0.596. The molecule has 2 aliphatic carbocycles. The second-order valence-electron chi connectivity index (χ2n) is 22.1. The molecule has 360 valence electrons. The van der Waals surface area contributed by atoms with E-state index >= 15 is 4.39 Å². The van der Waals surface area contributed by atoms with Gasteiger partial charge in [0.1, 0.15) is 28.9 Å². The van der Waals surface area contributed by atoms with Gasteiger partial charge < -0.3 is 19.2 Å². The normalized spacial score (nSPS) is 24.1. The Bertz CT molecular complexity index is 2690. The Kier molecular flexibility index (Phi) is 12.5. The van der Waals surface area contributed by atoms with E-state index in [-0.39, 0.29) is 48.0 Å². The maximum absolute atomic E-state index is 17.4. The fraction of sp³-hybridized carbons (Fsp3) is 0.526. The number of benzene rings is 2. The van der Waals surface area contributed by atoms with Gasteiger partial charge >= 0.3 is 12.2 Å². The zero-order chi connectivity index (χ0) is 47.6. The van der Waals surface area contributed by atoms with E-state index in [4.69, 9.17) is 19.2 Å². The van der Waals surface area contributed by atoms with E-state index in [0.717, 1.165) is 108 Å². The standard InChI is InChI=1S/C57H69FN4O5S/c1-9-34-31-45(60-52(34)47-18-14-26-62(47)55(64)67-57(6,7)8)38-30-42(58)51-39-28-37-27-36(43-15-11-10-12-16-44(59-43)46-17-13-25-61(46)54(63)66-56(3,4)5)21-22-40(37)33(2)41(29-39)53(65-48(51)32-38)50-24-23-49(68-50)35-19-20-35/h15,21-24,27-28,30-33,35,41,46-47,53,60H,9-14,16-20,25-26,29H2,1-8H3. The molecule has 2 amide bonds. The number of amides is 2. The smallest absolute Gasteiger partial charge is 0.410 e. The summed E-state index contributed by atoms with van der Waals surface area (Å²) >= 11 is 1.86. The maximum Gasteiger partial charge on any atom is 0.410 e. The number of aromatic amines is 1.